The van der Waals surface area contributed by atoms with Gasteiger partial charge in [0, 0.05) is 37.4 Å². The average molecular weight is 486 g/mol. The third kappa shape index (κ3) is 3.57. The van der Waals surface area contributed by atoms with Gasteiger partial charge in [0.05, 0.1) is 6.61 Å². The van der Waals surface area contributed by atoms with E-state index in [0.29, 0.717) is 25.2 Å². The third-order valence-corrected chi connectivity index (χ3v) is 6.85. The maximum Gasteiger partial charge on any atom is 0.278 e. The zero-order chi connectivity index (χ0) is 25.1. The lowest BCUT2D eigenvalue weighted by Crippen LogP contribution is -2.63. The minimum Gasteiger partial charge on any atom is -0.502 e. The Morgan fingerprint density at radius 3 is 2.66 bits per heavy atom. The average Bonchev–Trinajstić information content (AvgIpc) is 3.24. The Labute approximate surface area is 199 Å². The van der Waals surface area contributed by atoms with Gasteiger partial charge in [-0.05, 0) is 31.5 Å². The van der Waals surface area contributed by atoms with E-state index in [1.165, 1.54) is 22.7 Å². The van der Waals surface area contributed by atoms with Crippen molar-refractivity contribution in [1.29, 1.82) is 0 Å². The highest BCUT2D eigenvalue weighted by atomic mass is 19.1. The summed E-state index contributed by atoms with van der Waals surface area (Å²) in [6.45, 7) is 3.80. The molecule has 3 aliphatic heterocycles. The first kappa shape index (κ1) is 23.0. The molecule has 0 radical (unpaired) electrons. The number of amides is 2. The van der Waals surface area contributed by atoms with Crippen LogP contribution in [0.4, 0.5) is 8.78 Å². The van der Waals surface area contributed by atoms with Crippen molar-refractivity contribution in [2.45, 2.75) is 38.4 Å². The van der Waals surface area contributed by atoms with E-state index in [1.807, 2.05) is 19.1 Å². The van der Waals surface area contributed by atoms with E-state index < -0.39 is 52.3 Å². The van der Waals surface area contributed by atoms with Gasteiger partial charge in [0.25, 0.3) is 11.8 Å². The molecule has 1 spiro atoms. The zero-order valence-corrected chi connectivity index (χ0v) is 19.2. The molecule has 2 aromatic rings. The molecule has 0 saturated carbocycles. The van der Waals surface area contributed by atoms with Gasteiger partial charge in [0.1, 0.15) is 29.4 Å². The van der Waals surface area contributed by atoms with Crippen LogP contribution in [0.1, 0.15) is 45.3 Å². The maximum atomic E-state index is 14.2. The molecule has 1 aromatic heterocycles. The largest absolute Gasteiger partial charge is 0.502 e. The van der Waals surface area contributed by atoms with E-state index in [2.05, 4.69) is 5.32 Å². The lowest BCUT2D eigenvalue weighted by molar-refractivity contribution is 0.0629. The van der Waals surface area contributed by atoms with Crippen LogP contribution in [-0.2, 0) is 11.3 Å². The number of hydrogen-bond donors (Lipinski definition) is 2. The normalized spacial score (nSPS) is 23.0. The van der Waals surface area contributed by atoms with Crippen LogP contribution in [0.25, 0.3) is 0 Å². The van der Waals surface area contributed by atoms with E-state index in [1.54, 1.807) is 5.01 Å². The van der Waals surface area contributed by atoms with E-state index in [-0.39, 0.29) is 24.0 Å². The molecule has 1 saturated heterocycles. The third-order valence-electron chi connectivity index (χ3n) is 6.85. The van der Waals surface area contributed by atoms with Crippen molar-refractivity contribution >= 4 is 11.8 Å². The minimum atomic E-state index is -1.05. The fraction of sp³-hybridized carbons (Fsp3) is 0.375. The Balaban J connectivity index is 1.55. The lowest BCUT2D eigenvalue weighted by atomic mass is 9.97. The first-order valence-electron chi connectivity index (χ1n) is 11.2. The number of nitrogens with one attached hydrogen (secondary N) is 1. The Hall–Kier alpha value is -3.73. The Morgan fingerprint density at radius 1 is 1.29 bits per heavy atom. The van der Waals surface area contributed by atoms with Crippen molar-refractivity contribution in [2.75, 3.05) is 24.9 Å². The number of benzene rings is 1. The number of fused-ring (bicyclic) bond motifs is 5. The van der Waals surface area contributed by atoms with Gasteiger partial charge in [-0.25, -0.2) is 8.78 Å². The molecule has 3 aliphatic rings. The van der Waals surface area contributed by atoms with Crippen LogP contribution in [0.15, 0.2) is 35.3 Å². The molecule has 11 heteroatoms. The molecule has 2 N–H and O–H groups in total. The summed E-state index contributed by atoms with van der Waals surface area (Å²) in [4.78, 5) is 40.5. The van der Waals surface area contributed by atoms with Crippen LogP contribution < -0.4 is 15.8 Å². The molecule has 2 atom stereocenters. The molecule has 1 fully saturated rings. The van der Waals surface area contributed by atoms with Crippen LogP contribution in [0, 0.1) is 18.6 Å². The molecule has 1 aromatic carbocycles. The van der Waals surface area contributed by atoms with Gasteiger partial charge in [0.15, 0.2) is 11.4 Å². The second-order valence-electron chi connectivity index (χ2n) is 9.13. The SMILES string of the molecule is Cc1cc(F)c(CNC(=O)c2cn3c(c(O)c2=O)C(=O)N2CN3[C@]3(C=C[C@@H]2C)CCOC3)c(F)c1. The van der Waals surface area contributed by atoms with Gasteiger partial charge < -0.3 is 20.1 Å². The molecule has 4 heterocycles. The highest BCUT2D eigenvalue weighted by Gasteiger charge is 2.47. The highest BCUT2D eigenvalue weighted by molar-refractivity contribution is 5.99. The summed E-state index contributed by atoms with van der Waals surface area (Å²) in [5.74, 6) is -4.02. The van der Waals surface area contributed by atoms with E-state index in [4.69, 9.17) is 4.74 Å². The summed E-state index contributed by atoms with van der Waals surface area (Å²) < 4.78 is 35.3. The first-order valence-corrected chi connectivity index (χ1v) is 11.2. The smallest absolute Gasteiger partial charge is 0.278 e. The van der Waals surface area contributed by atoms with Crippen molar-refractivity contribution in [1.82, 2.24) is 14.9 Å². The summed E-state index contributed by atoms with van der Waals surface area (Å²) in [6, 6.07) is 1.98. The summed E-state index contributed by atoms with van der Waals surface area (Å²) in [6.07, 6.45) is 5.61. The van der Waals surface area contributed by atoms with Crippen LogP contribution in [0.2, 0.25) is 0 Å². The number of ether oxygens (including phenoxy) is 1. The molecule has 0 aliphatic carbocycles. The van der Waals surface area contributed by atoms with Gasteiger partial charge in [-0.1, -0.05) is 12.2 Å². The monoisotopic (exact) mass is 486 g/mol. The van der Waals surface area contributed by atoms with Gasteiger partial charge >= 0.3 is 0 Å². The van der Waals surface area contributed by atoms with Gasteiger partial charge in [-0.2, -0.15) is 0 Å². The molecule has 35 heavy (non-hydrogen) atoms. The number of halogens is 2. The summed E-state index contributed by atoms with van der Waals surface area (Å²) in [5.41, 5.74) is -2.39. The quantitative estimate of drug-likeness (QED) is 0.638. The van der Waals surface area contributed by atoms with Crippen molar-refractivity contribution in [2.24, 2.45) is 0 Å². The number of carbonyl (C=O) groups excluding carboxylic acids is 2. The minimum absolute atomic E-state index is 0.145. The fourth-order valence-electron chi connectivity index (χ4n) is 4.80. The van der Waals surface area contributed by atoms with E-state index in [0.717, 1.165) is 12.1 Å². The number of pyridine rings is 1. The van der Waals surface area contributed by atoms with Crippen LogP contribution in [0.3, 0.4) is 0 Å². The van der Waals surface area contributed by atoms with E-state index in [9.17, 15) is 28.3 Å². The highest BCUT2D eigenvalue weighted by Crippen LogP contribution is 2.35. The van der Waals surface area contributed by atoms with Crippen LogP contribution >= 0.6 is 0 Å². The lowest BCUT2D eigenvalue weighted by Gasteiger charge is -2.46. The predicted octanol–water partition coefficient (Wildman–Crippen LogP) is 1.54. The van der Waals surface area contributed by atoms with Crippen LogP contribution in [-0.4, -0.2) is 58.0 Å². The number of aromatic nitrogens is 1. The molecule has 2 bridgehead atoms. The maximum absolute atomic E-state index is 14.2. The van der Waals surface area contributed by atoms with Gasteiger partial charge in [-0.15, -0.1) is 0 Å². The fourth-order valence-corrected chi connectivity index (χ4v) is 4.80. The first-order chi connectivity index (χ1) is 16.6. The number of aryl methyl sites for hydroxylation is 1. The number of hydrogen-bond acceptors (Lipinski definition) is 6. The molecule has 184 valence electrons. The van der Waals surface area contributed by atoms with Gasteiger partial charge in [-0.3, -0.25) is 24.1 Å². The Bertz CT molecular complexity index is 1310. The molecular weight excluding hydrogens is 462 g/mol. The molecule has 2 amide bonds. The Kier molecular flexibility index (Phi) is 5.39. The molecule has 5 rings (SSSR count). The second-order valence-corrected chi connectivity index (χ2v) is 9.13. The molecular formula is C24H24F2N4O5. The summed E-state index contributed by atoms with van der Waals surface area (Å²) >= 11 is 0. The van der Waals surface area contributed by atoms with Crippen molar-refractivity contribution in [3.63, 3.8) is 0 Å². The Morgan fingerprint density at radius 2 is 2.00 bits per heavy atom. The van der Waals surface area contributed by atoms with E-state index >= 15 is 0 Å². The van der Waals surface area contributed by atoms with Crippen molar-refractivity contribution in [3.05, 3.63) is 74.7 Å². The second kappa shape index (κ2) is 8.19. The number of rotatable bonds is 3. The number of aromatic hydroxyl groups is 1. The summed E-state index contributed by atoms with van der Waals surface area (Å²) in [7, 11) is 0. The summed E-state index contributed by atoms with van der Waals surface area (Å²) in [5, 5.41) is 14.9. The number of carbonyl (C=O) groups is 2. The molecule has 0 unspecified atom stereocenters. The molecule has 9 nitrogen and oxygen atoms in total. The van der Waals surface area contributed by atoms with Crippen molar-refractivity contribution in [3.8, 4) is 5.75 Å². The zero-order valence-electron chi connectivity index (χ0n) is 19.2. The predicted molar refractivity (Wildman–Crippen MR) is 121 cm³/mol. The standard InChI is InChI=1S/C24H24F2N4O5/c1-13-7-17(25)15(18(26)8-13)9-27-22(33)16-10-29-19(21(32)20(16)31)23(34)28-12-30(29)24(4-3-14(28)2)5-6-35-11-24/h3-4,7-8,10,14,32H,5-6,9,11-12H2,1-2H3,(H,27,33)/t14-,24+/m0/s1. The van der Waals surface area contributed by atoms with Crippen molar-refractivity contribution < 1.29 is 28.2 Å². The topological polar surface area (TPSA) is 104 Å². The van der Waals surface area contributed by atoms with Crippen LogP contribution in [0.5, 0.6) is 5.75 Å². The number of nitrogens with zero attached hydrogens (tertiary/aromatic N) is 3. The van der Waals surface area contributed by atoms with Gasteiger partial charge in [0.2, 0.25) is 5.43 Å².